The Balaban J connectivity index is 2.88. The number of likely N-dealkylation sites (N-methyl/N-ethyl adjacent to an activating group) is 1. The van der Waals surface area contributed by atoms with Crippen molar-refractivity contribution in [3.8, 4) is 17.2 Å². The average Bonchev–Trinajstić information content (AvgIpc) is 2.52. The molecule has 0 aliphatic heterocycles. The van der Waals surface area contributed by atoms with Crippen molar-refractivity contribution in [2.24, 2.45) is 0 Å². The number of carboxylic acids is 1. The molecule has 0 aliphatic rings. The van der Waals surface area contributed by atoms with Crippen LogP contribution in [-0.4, -0.2) is 62.8 Å². The topological polar surface area (TPSA) is 97.3 Å². The first-order chi connectivity index (χ1) is 10.8. The fraction of sp³-hybridized carbons (Fsp3) is 0.467. The maximum absolute atomic E-state index is 12.0. The molecular weight excluding hydrogens is 304 g/mol. The van der Waals surface area contributed by atoms with Crippen molar-refractivity contribution in [2.75, 3.05) is 40.2 Å². The Kier molecular flexibility index (Phi) is 6.65. The zero-order valence-corrected chi connectivity index (χ0v) is 13.9. The van der Waals surface area contributed by atoms with Gasteiger partial charge in [0.25, 0.3) is 0 Å². The lowest BCUT2D eigenvalue weighted by molar-refractivity contribution is -0.142. The Hall–Kier alpha value is -2.48. The molecular formula is C15H22N2O6. The summed E-state index contributed by atoms with van der Waals surface area (Å²) in [6.45, 7) is 1.44. The molecule has 23 heavy (non-hydrogen) atoms. The molecule has 1 unspecified atom stereocenters. The average molecular weight is 326 g/mol. The van der Waals surface area contributed by atoms with Crippen LogP contribution in [0.1, 0.15) is 6.92 Å². The second kappa shape index (κ2) is 8.23. The van der Waals surface area contributed by atoms with Gasteiger partial charge in [-0.1, -0.05) is 0 Å². The van der Waals surface area contributed by atoms with Crippen LogP contribution in [0.15, 0.2) is 12.1 Å². The van der Waals surface area contributed by atoms with Gasteiger partial charge >= 0.3 is 5.97 Å². The molecule has 2 N–H and O–H groups in total. The third-order valence-corrected chi connectivity index (χ3v) is 3.36. The van der Waals surface area contributed by atoms with E-state index in [4.69, 9.17) is 19.3 Å². The number of nitrogens with zero attached hydrogens (tertiary/aromatic N) is 1. The number of carbonyl (C=O) groups is 2. The van der Waals surface area contributed by atoms with E-state index in [-0.39, 0.29) is 12.5 Å². The van der Waals surface area contributed by atoms with Gasteiger partial charge in [-0.25, -0.2) is 0 Å². The molecule has 0 heterocycles. The molecule has 1 aromatic rings. The molecule has 128 valence electrons. The summed E-state index contributed by atoms with van der Waals surface area (Å²) in [4.78, 5) is 24.4. The van der Waals surface area contributed by atoms with Gasteiger partial charge in [-0.3, -0.25) is 14.5 Å². The first-order valence-electron chi connectivity index (χ1n) is 6.86. The summed E-state index contributed by atoms with van der Waals surface area (Å²) in [5.41, 5.74) is 0.459. The third kappa shape index (κ3) is 4.75. The number of carbonyl (C=O) groups excluding carboxylic acids is 1. The van der Waals surface area contributed by atoms with Crippen LogP contribution in [0.3, 0.4) is 0 Å². The van der Waals surface area contributed by atoms with Gasteiger partial charge in [-0.05, 0) is 14.0 Å². The monoisotopic (exact) mass is 326 g/mol. The van der Waals surface area contributed by atoms with Crippen LogP contribution < -0.4 is 19.5 Å². The molecule has 0 spiro atoms. The number of anilines is 1. The van der Waals surface area contributed by atoms with Crippen LogP contribution >= 0.6 is 0 Å². The van der Waals surface area contributed by atoms with Crippen molar-refractivity contribution in [2.45, 2.75) is 13.0 Å². The van der Waals surface area contributed by atoms with Gasteiger partial charge in [0, 0.05) is 17.8 Å². The van der Waals surface area contributed by atoms with Gasteiger partial charge in [-0.2, -0.15) is 0 Å². The number of methoxy groups -OCH3 is 3. The molecule has 0 radical (unpaired) electrons. The molecule has 0 bridgehead atoms. The van der Waals surface area contributed by atoms with Gasteiger partial charge in [-0.15, -0.1) is 0 Å². The van der Waals surface area contributed by atoms with E-state index in [9.17, 15) is 9.59 Å². The van der Waals surface area contributed by atoms with Crippen molar-refractivity contribution < 1.29 is 28.9 Å². The summed E-state index contributed by atoms with van der Waals surface area (Å²) in [5.74, 6) is -0.101. The van der Waals surface area contributed by atoms with Gasteiger partial charge in [0.15, 0.2) is 11.5 Å². The van der Waals surface area contributed by atoms with E-state index < -0.39 is 12.0 Å². The molecule has 1 amide bonds. The molecule has 0 saturated heterocycles. The molecule has 0 aliphatic carbocycles. The number of ether oxygens (including phenoxy) is 3. The number of amides is 1. The molecule has 8 nitrogen and oxygen atoms in total. The van der Waals surface area contributed by atoms with Crippen molar-refractivity contribution in [3.63, 3.8) is 0 Å². The predicted molar refractivity (Wildman–Crippen MR) is 84.5 cm³/mol. The van der Waals surface area contributed by atoms with Gasteiger partial charge in [0.2, 0.25) is 11.7 Å². The standard InChI is InChI=1S/C15H22N2O6/c1-9(15(19)20)17(2)8-13(18)16-10-6-11(21-3)14(23-5)12(7-10)22-4/h6-7,9H,8H2,1-5H3,(H,16,18)(H,19,20). The summed E-state index contributed by atoms with van der Waals surface area (Å²) in [7, 11) is 6.00. The summed E-state index contributed by atoms with van der Waals surface area (Å²) in [6.07, 6.45) is 0. The quantitative estimate of drug-likeness (QED) is 0.737. The van der Waals surface area contributed by atoms with E-state index in [1.807, 2.05) is 0 Å². The minimum Gasteiger partial charge on any atom is -0.493 e. The number of benzene rings is 1. The van der Waals surface area contributed by atoms with Crippen LogP contribution in [-0.2, 0) is 9.59 Å². The molecule has 1 rings (SSSR count). The van der Waals surface area contributed by atoms with Crippen LogP contribution in [0.25, 0.3) is 0 Å². The van der Waals surface area contributed by atoms with E-state index in [0.717, 1.165) is 0 Å². The normalized spacial score (nSPS) is 11.7. The molecule has 0 saturated carbocycles. The number of aliphatic carboxylic acids is 1. The number of carboxylic acid groups (broad SMARTS) is 1. The summed E-state index contributed by atoms with van der Waals surface area (Å²) < 4.78 is 15.6. The van der Waals surface area contributed by atoms with Crippen molar-refractivity contribution in [1.29, 1.82) is 0 Å². The predicted octanol–water partition coefficient (Wildman–Crippen LogP) is 1.06. The minimum absolute atomic E-state index is 0.0654. The largest absolute Gasteiger partial charge is 0.493 e. The Morgan fingerprint density at radius 2 is 1.70 bits per heavy atom. The highest BCUT2D eigenvalue weighted by Crippen LogP contribution is 2.39. The SMILES string of the molecule is COc1cc(NC(=O)CN(C)C(C)C(=O)O)cc(OC)c1OC. The van der Waals surface area contributed by atoms with Gasteiger partial charge < -0.3 is 24.6 Å². The molecule has 1 atom stereocenters. The van der Waals surface area contributed by atoms with E-state index in [0.29, 0.717) is 22.9 Å². The maximum atomic E-state index is 12.0. The Morgan fingerprint density at radius 1 is 1.17 bits per heavy atom. The molecule has 0 aromatic heterocycles. The minimum atomic E-state index is -0.993. The second-order valence-electron chi connectivity index (χ2n) is 4.89. The zero-order chi connectivity index (χ0) is 17.6. The van der Waals surface area contributed by atoms with E-state index in [1.54, 1.807) is 19.2 Å². The lowest BCUT2D eigenvalue weighted by atomic mass is 10.2. The van der Waals surface area contributed by atoms with E-state index >= 15 is 0 Å². The first kappa shape index (κ1) is 18.6. The van der Waals surface area contributed by atoms with Crippen LogP contribution in [0.2, 0.25) is 0 Å². The van der Waals surface area contributed by atoms with Crippen LogP contribution in [0.4, 0.5) is 5.69 Å². The zero-order valence-electron chi connectivity index (χ0n) is 13.9. The fourth-order valence-corrected chi connectivity index (χ4v) is 1.91. The Labute approximate surface area is 134 Å². The van der Waals surface area contributed by atoms with Gasteiger partial charge in [0.1, 0.15) is 6.04 Å². The van der Waals surface area contributed by atoms with E-state index in [1.165, 1.54) is 33.2 Å². The highest BCUT2D eigenvalue weighted by atomic mass is 16.5. The lowest BCUT2D eigenvalue weighted by Crippen LogP contribution is -2.40. The summed E-state index contributed by atoms with van der Waals surface area (Å²) in [5, 5.41) is 11.6. The first-order valence-corrected chi connectivity index (χ1v) is 6.86. The Morgan fingerprint density at radius 3 is 2.09 bits per heavy atom. The number of nitrogens with one attached hydrogen (secondary N) is 1. The summed E-state index contributed by atoms with van der Waals surface area (Å²) >= 11 is 0. The van der Waals surface area contributed by atoms with Crippen molar-refractivity contribution in [1.82, 2.24) is 4.90 Å². The number of rotatable bonds is 8. The lowest BCUT2D eigenvalue weighted by Gasteiger charge is -2.20. The molecule has 1 aromatic carbocycles. The highest BCUT2D eigenvalue weighted by Gasteiger charge is 2.20. The van der Waals surface area contributed by atoms with Crippen molar-refractivity contribution >= 4 is 17.6 Å². The maximum Gasteiger partial charge on any atom is 0.320 e. The highest BCUT2D eigenvalue weighted by molar-refractivity contribution is 5.93. The fourth-order valence-electron chi connectivity index (χ4n) is 1.91. The van der Waals surface area contributed by atoms with Gasteiger partial charge in [0.05, 0.1) is 27.9 Å². The van der Waals surface area contributed by atoms with E-state index in [2.05, 4.69) is 5.32 Å². The number of hydrogen-bond donors (Lipinski definition) is 2. The second-order valence-corrected chi connectivity index (χ2v) is 4.89. The molecule has 8 heteroatoms. The summed E-state index contributed by atoms with van der Waals surface area (Å²) in [6, 6.07) is 2.43. The van der Waals surface area contributed by atoms with Crippen LogP contribution in [0, 0.1) is 0 Å². The molecule has 0 fully saturated rings. The third-order valence-electron chi connectivity index (χ3n) is 3.36. The number of hydrogen-bond acceptors (Lipinski definition) is 6. The Bertz CT molecular complexity index is 550. The smallest absolute Gasteiger partial charge is 0.320 e. The van der Waals surface area contributed by atoms with Crippen molar-refractivity contribution in [3.05, 3.63) is 12.1 Å². The van der Waals surface area contributed by atoms with Crippen LogP contribution in [0.5, 0.6) is 17.2 Å².